The summed E-state index contributed by atoms with van der Waals surface area (Å²) >= 11 is 0. The average molecular weight is 224 g/mol. The van der Waals surface area contributed by atoms with Crippen molar-refractivity contribution in [3.05, 3.63) is 29.3 Å². The number of anilines is 1. The minimum atomic E-state index is -1.19. The number of primary amides is 1. The molecule has 16 heavy (non-hydrogen) atoms. The number of benzene rings is 1. The first kappa shape index (κ1) is 12.5. The molecule has 1 amide bonds. The summed E-state index contributed by atoms with van der Waals surface area (Å²) in [5.41, 5.74) is 12.4. The van der Waals surface area contributed by atoms with Crippen LogP contribution in [0.5, 0.6) is 0 Å². The van der Waals surface area contributed by atoms with Crippen molar-refractivity contribution in [2.24, 2.45) is 5.73 Å². The lowest BCUT2D eigenvalue weighted by Gasteiger charge is -2.19. The summed E-state index contributed by atoms with van der Waals surface area (Å²) in [5.74, 6) is -0.653. The maximum absolute atomic E-state index is 10.6. The van der Waals surface area contributed by atoms with E-state index in [-0.39, 0.29) is 6.42 Å². The molecule has 1 rings (SSSR count). The zero-order valence-corrected chi connectivity index (χ0v) is 9.05. The Morgan fingerprint density at radius 1 is 1.44 bits per heavy atom. The number of hydrogen-bond acceptors (Lipinski definition) is 4. The molecule has 0 aliphatic carbocycles. The van der Waals surface area contributed by atoms with E-state index in [1.54, 1.807) is 25.1 Å². The van der Waals surface area contributed by atoms with Crippen LogP contribution in [-0.4, -0.2) is 22.2 Å². The first-order valence-electron chi connectivity index (χ1n) is 4.92. The Morgan fingerprint density at radius 3 is 2.56 bits per heavy atom. The SMILES string of the molecule is Cc1cc(N)ccc1C(O)C(O)CC(N)=O. The zero-order valence-electron chi connectivity index (χ0n) is 9.05. The molecule has 0 bridgehead atoms. The number of aliphatic hydroxyl groups is 2. The monoisotopic (exact) mass is 224 g/mol. The lowest BCUT2D eigenvalue weighted by atomic mass is 9.97. The van der Waals surface area contributed by atoms with Crippen LogP contribution in [0.2, 0.25) is 0 Å². The number of aliphatic hydroxyl groups excluding tert-OH is 2. The highest BCUT2D eigenvalue weighted by molar-refractivity contribution is 5.74. The van der Waals surface area contributed by atoms with Crippen molar-refractivity contribution in [3.63, 3.8) is 0 Å². The fourth-order valence-electron chi connectivity index (χ4n) is 1.56. The molecule has 2 unspecified atom stereocenters. The van der Waals surface area contributed by atoms with E-state index in [9.17, 15) is 15.0 Å². The first-order chi connectivity index (χ1) is 7.41. The van der Waals surface area contributed by atoms with Crippen molar-refractivity contribution in [1.82, 2.24) is 0 Å². The van der Waals surface area contributed by atoms with Gasteiger partial charge in [-0.1, -0.05) is 6.07 Å². The minimum Gasteiger partial charge on any atom is -0.399 e. The lowest BCUT2D eigenvalue weighted by Crippen LogP contribution is -2.26. The molecule has 0 spiro atoms. The second kappa shape index (κ2) is 4.96. The second-order valence-electron chi connectivity index (χ2n) is 3.80. The summed E-state index contributed by atoms with van der Waals surface area (Å²) in [6, 6.07) is 4.94. The Kier molecular flexibility index (Phi) is 3.87. The highest BCUT2D eigenvalue weighted by atomic mass is 16.3. The van der Waals surface area contributed by atoms with Gasteiger partial charge in [0, 0.05) is 5.69 Å². The van der Waals surface area contributed by atoms with E-state index in [4.69, 9.17) is 11.5 Å². The molecular weight excluding hydrogens is 208 g/mol. The van der Waals surface area contributed by atoms with Crippen LogP contribution >= 0.6 is 0 Å². The number of carbonyl (C=O) groups excluding carboxylic acids is 1. The molecule has 0 saturated heterocycles. The lowest BCUT2D eigenvalue weighted by molar-refractivity contribution is -0.121. The van der Waals surface area contributed by atoms with Crippen molar-refractivity contribution >= 4 is 11.6 Å². The molecule has 0 heterocycles. The molecular formula is C11H16N2O3. The van der Waals surface area contributed by atoms with E-state index < -0.39 is 18.1 Å². The normalized spacial score (nSPS) is 14.4. The standard InChI is InChI=1S/C11H16N2O3/c1-6-4-7(12)2-3-8(6)11(16)9(14)5-10(13)15/h2-4,9,11,14,16H,5,12H2,1H3,(H2,13,15). The third-order valence-electron chi connectivity index (χ3n) is 2.39. The van der Waals surface area contributed by atoms with Gasteiger partial charge in [-0.15, -0.1) is 0 Å². The van der Waals surface area contributed by atoms with E-state index in [1.807, 2.05) is 0 Å². The van der Waals surface area contributed by atoms with Gasteiger partial charge in [0.1, 0.15) is 6.10 Å². The van der Waals surface area contributed by atoms with E-state index in [2.05, 4.69) is 0 Å². The molecule has 0 aromatic heterocycles. The molecule has 5 heteroatoms. The Bertz CT molecular complexity index is 393. The van der Waals surface area contributed by atoms with Crippen molar-refractivity contribution in [2.75, 3.05) is 5.73 Å². The second-order valence-corrected chi connectivity index (χ2v) is 3.80. The van der Waals surface area contributed by atoms with Gasteiger partial charge in [0.25, 0.3) is 0 Å². The summed E-state index contributed by atoms with van der Waals surface area (Å²) in [6.07, 6.45) is -2.60. The van der Waals surface area contributed by atoms with E-state index in [0.717, 1.165) is 5.56 Å². The Labute approximate surface area is 93.7 Å². The summed E-state index contributed by atoms with van der Waals surface area (Å²) in [4.78, 5) is 10.6. The number of aryl methyl sites for hydroxylation is 1. The molecule has 0 aliphatic heterocycles. The predicted molar refractivity (Wildman–Crippen MR) is 60.4 cm³/mol. The van der Waals surface area contributed by atoms with Gasteiger partial charge in [0.15, 0.2) is 0 Å². The van der Waals surface area contributed by atoms with Gasteiger partial charge in [-0.25, -0.2) is 0 Å². The molecule has 1 aromatic rings. The highest BCUT2D eigenvalue weighted by Gasteiger charge is 2.21. The van der Waals surface area contributed by atoms with Crippen LogP contribution in [0, 0.1) is 6.92 Å². The maximum Gasteiger partial charge on any atom is 0.220 e. The number of carbonyl (C=O) groups is 1. The Hall–Kier alpha value is -1.59. The van der Waals surface area contributed by atoms with E-state index in [0.29, 0.717) is 11.3 Å². The molecule has 0 radical (unpaired) electrons. The Morgan fingerprint density at radius 2 is 2.06 bits per heavy atom. The number of nitrogens with two attached hydrogens (primary N) is 2. The molecule has 1 aromatic carbocycles. The summed E-state index contributed by atoms with van der Waals surface area (Å²) in [7, 11) is 0. The van der Waals surface area contributed by atoms with Gasteiger partial charge in [-0.3, -0.25) is 4.79 Å². The average Bonchev–Trinajstić information content (AvgIpc) is 2.15. The fraction of sp³-hybridized carbons (Fsp3) is 0.364. The van der Waals surface area contributed by atoms with E-state index >= 15 is 0 Å². The third-order valence-corrected chi connectivity index (χ3v) is 2.39. The van der Waals surface area contributed by atoms with Crippen molar-refractivity contribution in [1.29, 1.82) is 0 Å². The first-order valence-corrected chi connectivity index (χ1v) is 4.92. The quantitative estimate of drug-likeness (QED) is 0.533. The van der Waals surface area contributed by atoms with Crippen molar-refractivity contribution in [3.8, 4) is 0 Å². The van der Waals surface area contributed by atoms with Gasteiger partial charge in [0.05, 0.1) is 12.5 Å². The number of amides is 1. The summed E-state index contributed by atoms with van der Waals surface area (Å²) < 4.78 is 0. The van der Waals surface area contributed by atoms with Crippen molar-refractivity contribution < 1.29 is 15.0 Å². The number of hydrogen-bond donors (Lipinski definition) is 4. The van der Waals surface area contributed by atoms with Crippen molar-refractivity contribution in [2.45, 2.75) is 25.6 Å². The van der Waals surface area contributed by atoms with Crippen LogP contribution in [0.1, 0.15) is 23.7 Å². The summed E-state index contributed by atoms with van der Waals surface area (Å²) in [5, 5.41) is 19.4. The van der Waals surface area contributed by atoms with Gasteiger partial charge >= 0.3 is 0 Å². The van der Waals surface area contributed by atoms with E-state index in [1.165, 1.54) is 0 Å². The van der Waals surface area contributed by atoms with Crippen LogP contribution in [-0.2, 0) is 4.79 Å². The van der Waals surface area contributed by atoms with Crippen LogP contribution in [0.15, 0.2) is 18.2 Å². The molecule has 5 nitrogen and oxygen atoms in total. The number of rotatable bonds is 4. The Balaban J connectivity index is 2.87. The molecule has 6 N–H and O–H groups in total. The molecule has 2 atom stereocenters. The fourth-order valence-corrected chi connectivity index (χ4v) is 1.56. The molecule has 0 fully saturated rings. The predicted octanol–water partition coefficient (Wildman–Crippen LogP) is -0.153. The topological polar surface area (TPSA) is 110 Å². The smallest absolute Gasteiger partial charge is 0.220 e. The maximum atomic E-state index is 10.6. The molecule has 88 valence electrons. The zero-order chi connectivity index (χ0) is 12.3. The van der Waals surface area contributed by atoms with Gasteiger partial charge in [0.2, 0.25) is 5.91 Å². The van der Waals surface area contributed by atoms with Crippen LogP contribution in [0.3, 0.4) is 0 Å². The van der Waals surface area contributed by atoms with Crippen LogP contribution < -0.4 is 11.5 Å². The molecule has 0 aliphatic rings. The third kappa shape index (κ3) is 2.95. The number of nitrogen functional groups attached to an aromatic ring is 1. The van der Waals surface area contributed by atoms with Crippen LogP contribution in [0.25, 0.3) is 0 Å². The largest absolute Gasteiger partial charge is 0.399 e. The minimum absolute atomic E-state index is 0.273. The highest BCUT2D eigenvalue weighted by Crippen LogP contribution is 2.23. The van der Waals surface area contributed by atoms with Crippen LogP contribution in [0.4, 0.5) is 5.69 Å². The van der Waals surface area contributed by atoms with Gasteiger partial charge in [-0.05, 0) is 30.2 Å². The van der Waals surface area contributed by atoms with Gasteiger partial charge < -0.3 is 21.7 Å². The molecule has 0 saturated carbocycles. The summed E-state index contributed by atoms with van der Waals surface area (Å²) in [6.45, 7) is 1.77. The van der Waals surface area contributed by atoms with Gasteiger partial charge in [-0.2, -0.15) is 0 Å².